The van der Waals surface area contributed by atoms with Crippen LogP contribution in [0.2, 0.25) is 0 Å². The summed E-state index contributed by atoms with van der Waals surface area (Å²) in [5, 5.41) is 97.3. The summed E-state index contributed by atoms with van der Waals surface area (Å²) in [4.78, 5) is 62.9. The molecule has 0 radical (unpaired) electrons. The van der Waals surface area contributed by atoms with E-state index in [0.29, 0.717) is 31.7 Å². The molecule has 0 spiro atoms. The molecule has 0 saturated carbocycles. The van der Waals surface area contributed by atoms with E-state index in [4.69, 9.17) is 66.3 Å². The molecule has 0 bridgehead atoms. The first kappa shape index (κ1) is 101. The lowest BCUT2D eigenvalue weighted by molar-refractivity contribution is -0.319. The van der Waals surface area contributed by atoms with Gasteiger partial charge in [-0.1, -0.05) is 41.5 Å². The standard InChI is InChI=1S/C45H81N3O14S.C38H72N2O12/c1-17-33-45(12,55)37(50)27(6)47(15)21-23(2)19-43(10,54)39(25(4)35(26(5)40(52)59-33)60-34-20-44(11,56-16)38(51)28(7)58-34)62-42-36(31(46(13)14)18-24(3)57-42)61-41(53)32-22-63-30(9)48(32)29(8)49;1-15-27-38(10,45)31(41)24(6)40(12)19-20(2)17-36(8,44)33(52-35-30(46-13)26(39-11)16-21(3)48-35)22(4)29(23(5)34(43)50-27)51-28-18-37(9,47-14)32(42)25(7)49-28/h23-28,30-39,42,50-51,54-55H,17-22H2,1-16H3;20-33,35,39,41-42,44-45H,15-19H2,1-14H3/t23-,24-,25+,26-,27-,28+,30?,31+,32?,33-,34+,35+,36-,37-,38+,39-,42+,43-,44-,45-;20-,21-,22+,23-,24-,25+,26+,27-,28+,29+,30-,31-,32+,33-,35+,36-,37-,38-/m11/s1. The van der Waals surface area contributed by atoms with Crippen LogP contribution in [0.25, 0.3) is 0 Å². The highest BCUT2D eigenvalue weighted by Gasteiger charge is 2.58. The molecular formula is C83H153N5O26S. The summed E-state index contributed by atoms with van der Waals surface area (Å²) in [6.45, 7) is 39.5. The van der Waals surface area contributed by atoms with Crippen LogP contribution in [0.3, 0.4) is 0 Å². The van der Waals surface area contributed by atoms with Gasteiger partial charge in [0, 0.05) is 89.9 Å². The Morgan fingerprint density at radius 3 is 1.31 bits per heavy atom. The Hall–Kier alpha value is -2.69. The van der Waals surface area contributed by atoms with Gasteiger partial charge in [-0.3, -0.25) is 14.4 Å². The van der Waals surface area contributed by atoms with Crippen LogP contribution >= 0.6 is 11.8 Å². The second-order valence-corrected chi connectivity index (χ2v) is 38.0. The number of hydrogen-bond donors (Lipinski definition) is 9. The molecule has 7 rings (SSSR count). The van der Waals surface area contributed by atoms with E-state index in [-0.39, 0.29) is 79.9 Å². The molecule has 115 heavy (non-hydrogen) atoms. The molecular weight excluding hydrogens is 1510 g/mol. The molecule has 0 aromatic carbocycles. The molecule has 0 aliphatic carbocycles. The molecule has 2 unspecified atom stereocenters. The second-order valence-electron chi connectivity index (χ2n) is 36.7. The van der Waals surface area contributed by atoms with E-state index in [1.807, 2.05) is 98.4 Å². The fourth-order valence-corrected chi connectivity index (χ4v) is 20.4. The fourth-order valence-electron chi connectivity index (χ4n) is 19.2. The van der Waals surface area contributed by atoms with Gasteiger partial charge in [0.2, 0.25) is 5.91 Å². The number of methoxy groups -OCH3 is 3. The Kier molecular flexibility index (Phi) is 36.6. The number of thioether (sulfide) groups is 1. The molecule has 38 atom stereocenters. The van der Waals surface area contributed by atoms with E-state index in [1.165, 1.54) is 51.7 Å². The van der Waals surface area contributed by atoms with Crippen LogP contribution in [0, 0.1) is 35.5 Å². The zero-order chi connectivity index (χ0) is 87.2. The Labute approximate surface area is 690 Å². The number of aliphatic hydroxyl groups excluding tert-OH is 4. The van der Waals surface area contributed by atoms with Crippen LogP contribution in [-0.4, -0.2) is 352 Å². The molecule has 9 N–H and O–H groups in total. The van der Waals surface area contributed by atoms with Gasteiger partial charge in [-0.2, -0.15) is 0 Å². The van der Waals surface area contributed by atoms with E-state index < -0.39 is 210 Å². The molecule has 31 nitrogen and oxygen atoms in total. The van der Waals surface area contributed by atoms with E-state index in [9.17, 15) is 60.0 Å². The number of amides is 1. The zero-order valence-corrected chi connectivity index (χ0v) is 75.7. The highest BCUT2D eigenvalue weighted by atomic mass is 32.2. The highest BCUT2D eigenvalue weighted by Crippen LogP contribution is 2.45. The summed E-state index contributed by atoms with van der Waals surface area (Å²) >= 11 is 1.49. The van der Waals surface area contributed by atoms with Gasteiger partial charge in [-0.25, -0.2) is 4.79 Å². The third kappa shape index (κ3) is 23.8. The van der Waals surface area contributed by atoms with Crippen LogP contribution in [0.15, 0.2) is 0 Å². The largest absolute Gasteiger partial charge is 0.459 e. The maximum absolute atomic E-state index is 14.5. The molecule has 7 aliphatic heterocycles. The van der Waals surface area contributed by atoms with Gasteiger partial charge >= 0.3 is 17.9 Å². The smallest absolute Gasteiger partial charge is 0.330 e. The third-order valence-electron chi connectivity index (χ3n) is 26.5. The quantitative estimate of drug-likeness (QED) is 0.0685. The summed E-state index contributed by atoms with van der Waals surface area (Å²) < 4.78 is 88.8. The maximum atomic E-state index is 14.5. The third-order valence-corrected chi connectivity index (χ3v) is 27.7. The van der Waals surface area contributed by atoms with Crippen molar-refractivity contribution in [2.24, 2.45) is 35.5 Å². The Morgan fingerprint density at radius 1 is 0.565 bits per heavy atom. The minimum Gasteiger partial charge on any atom is -0.459 e. The molecule has 672 valence electrons. The van der Waals surface area contributed by atoms with Gasteiger partial charge in [-0.05, 0) is 189 Å². The maximum Gasteiger partial charge on any atom is 0.330 e. The van der Waals surface area contributed by atoms with Crippen molar-refractivity contribution < 1.29 is 126 Å². The zero-order valence-electron chi connectivity index (χ0n) is 74.9. The number of rotatable bonds is 17. The van der Waals surface area contributed by atoms with Gasteiger partial charge in [0.05, 0.1) is 94.5 Å². The SMILES string of the molecule is CC[C@H]1OC(=O)[C@H](C)[C@@H](O[C@H]2C[C@@](C)(OC)[C@@H](O)[C@H](C)O2)[C@H](C)[C@@H](O[C@@H]2O[C@H](C)C[C@H](N(C)C)[C@H]2OC(=O)C2CSC(C)N2C(C)=O)[C@](C)(O)C[C@@H](C)CN(C)[C@H](C)[C@@H](O)[C@]1(C)O.CC[C@H]1OC(=O)[C@H](C)[C@@H](O[C@H]2C[C@@](C)(OC)[C@@H](O)[C@H](C)O2)[C@H](C)[C@@H](O[C@@H]2O[C@H](C)C[C@H](NC)[C@H]2OC)[C@](C)(O)C[C@@H](C)CN(C)[C@H](C)[C@@H](O)[C@]1(C)O. The Morgan fingerprint density at radius 2 is 0.957 bits per heavy atom. The Balaban J connectivity index is 0.000000365. The van der Waals surface area contributed by atoms with Crippen molar-refractivity contribution in [3.05, 3.63) is 0 Å². The minimum absolute atomic E-state index is 0.0861. The predicted octanol–water partition coefficient (Wildman–Crippen LogP) is 4.97. The number of nitrogens with zero attached hydrogens (tertiary/aromatic N) is 4. The number of likely N-dealkylation sites (N-methyl/N-ethyl adjacent to an activating group) is 4. The van der Waals surface area contributed by atoms with Crippen LogP contribution in [0.1, 0.15) is 204 Å². The minimum atomic E-state index is -1.85. The average molecular weight is 1670 g/mol. The monoisotopic (exact) mass is 1670 g/mol. The van der Waals surface area contributed by atoms with Crippen molar-refractivity contribution >= 4 is 35.6 Å². The summed E-state index contributed by atoms with van der Waals surface area (Å²) in [5.41, 5.74) is -8.88. The first-order valence-corrected chi connectivity index (χ1v) is 43.0. The first-order chi connectivity index (χ1) is 53.2. The van der Waals surface area contributed by atoms with Crippen molar-refractivity contribution in [3.8, 4) is 0 Å². The van der Waals surface area contributed by atoms with Crippen molar-refractivity contribution in [3.63, 3.8) is 0 Å². The van der Waals surface area contributed by atoms with Crippen LogP contribution in [0.5, 0.6) is 0 Å². The second kappa shape index (κ2) is 41.7. The fraction of sp³-hybridized carbons (Fsp3) is 0.952. The number of cyclic esters (lactones) is 2. The predicted molar refractivity (Wildman–Crippen MR) is 431 cm³/mol. The summed E-state index contributed by atoms with van der Waals surface area (Å²) in [5.74, 6) is -5.79. The van der Waals surface area contributed by atoms with E-state index in [0.717, 1.165) is 0 Å². The molecule has 7 heterocycles. The number of carbonyl (C=O) groups excluding carboxylic acids is 4. The molecule has 32 heteroatoms. The van der Waals surface area contributed by atoms with Crippen molar-refractivity contribution in [1.29, 1.82) is 0 Å². The average Bonchev–Trinajstić information content (AvgIpc) is 1.50. The number of aliphatic hydroxyl groups is 8. The van der Waals surface area contributed by atoms with Gasteiger partial charge < -0.3 is 132 Å². The molecule has 7 saturated heterocycles. The number of ether oxygens (including phenoxy) is 14. The van der Waals surface area contributed by atoms with Crippen molar-refractivity contribution in [2.75, 3.05) is 75.4 Å². The van der Waals surface area contributed by atoms with Gasteiger partial charge in [-0.15, -0.1) is 11.8 Å². The lowest BCUT2D eigenvalue weighted by atomic mass is 9.77. The van der Waals surface area contributed by atoms with Gasteiger partial charge in [0.1, 0.15) is 60.0 Å². The van der Waals surface area contributed by atoms with Gasteiger partial charge in [0.15, 0.2) is 31.3 Å². The lowest BCUT2D eigenvalue weighted by Crippen LogP contribution is -2.61. The molecule has 7 fully saturated rings. The van der Waals surface area contributed by atoms with Crippen molar-refractivity contribution in [2.45, 2.75) is 396 Å². The first-order valence-electron chi connectivity index (χ1n) is 41.9. The summed E-state index contributed by atoms with van der Waals surface area (Å²) in [6.07, 6.45) is -16.1. The van der Waals surface area contributed by atoms with Gasteiger partial charge in [0.25, 0.3) is 0 Å². The van der Waals surface area contributed by atoms with Crippen LogP contribution < -0.4 is 5.32 Å². The van der Waals surface area contributed by atoms with E-state index >= 15 is 0 Å². The Bertz CT molecular complexity index is 3060. The van der Waals surface area contributed by atoms with Crippen LogP contribution in [-0.2, 0) is 85.5 Å². The molecule has 0 aromatic heterocycles. The number of hydrogen-bond acceptors (Lipinski definition) is 31. The van der Waals surface area contributed by atoms with E-state index in [2.05, 4.69) is 5.32 Å². The molecule has 0 aromatic rings. The van der Waals surface area contributed by atoms with E-state index in [1.54, 1.807) is 90.2 Å². The number of carbonyl (C=O) groups is 4. The normalized spacial score (nSPS) is 47.9. The van der Waals surface area contributed by atoms with Crippen molar-refractivity contribution in [1.82, 2.24) is 24.9 Å². The topological polar surface area (TPSA) is 384 Å². The highest BCUT2D eigenvalue weighted by molar-refractivity contribution is 8.00. The summed E-state index contributed by atoms with van der Waals surface area (Å²) in [6, 6.07) is -2.41. The van der Waals surface area contributed by atoms with Crippen LogP contribution in [0.4, 0.5) is 0 Å². The summed E-state index contributed by atoms with van der Waals surface area (Å²) in [7, 11) is 13.9. The molecule has 1 amide bonds. The molecule has 7 aliphatic rings. The number of esters is 3. The lowest BCUT2D eigenvalue weighted by Gasteiger charge is -2.49. The number of nitrogens with one attached hydrogen (secondary N) is 1.